The van der Waals surface area contributed by atoms with Gasteiger partial charge in [-0.2, -0.15) is 0 Å². The lowest BCUT2D eigenvalue weighted by Gasteiger charge is -2.22. The quantitative estimate of drug-likeness (QED) is 0.877. The lowest BCUT2D eigenvalue weighted by Crippen LogP contribution is -2.40. The molecule has 2 N–H and O–H groups in total. The summed E-state index contributed by atoms with van der Waals surface area (Å²) < 4.78 is 0. The normalized spacial score (nSPS) is 20.1. The fourth-order valence-electron chi connectivity index (χ4n) is 2.80. The van der Waals surface area contributed by atoms with Gasteiger partial charge < -0.3 is 10.6 Å². The zero-order valence-electron chi connectivity index (χ0n) is 12.2. The van der Waals surface area contributed by atoms with Crippen LogP contribution in [0.15, 0.2) is 24.3 Å². The van der Waals surface area contributed by atoms with E-state index in [0.29, 0.717) is 17.6 Å². The number of carbonyl (C=O) groups excluding carboxylic acids is 1. The molecule has 1 fully saturated rings. The molecule has 1 aromatic rings. The number of hydrogen-bond donors (Lipinski definition) is 2. The Bertz CT molecular complexity index is 456. The molecular formula is C16H23ClN2O. The minimum Gasteiger partial charge on any atom is -0.354 e. The second-order valence-electron chi connectivity index (χ2n) is 5.82. The van der Waals surface area contributed by atoms with Crippen LogP contribution in [0.1, 0.15) is 38.2 Å². The summed E-state index contributed by atoms with van der Waals surface area (Å²) >= 11 is 6.04. The van der Waals surface area contributed by atoms with Gasteiger partial charge in [0, 0.05) is 17.6 Å². The summed E-state index contributed by atoms with van der Waals surface area (Å²) in [5.41, 5.74) is 0.990. The minimum absolute atomic E-state index is 0.0935. The first-order valence-corrected chi connectivity index (χ1v) is 7.72. The van der Waals surface area contributed by atoms with Crippen LogP contribution < -0.4 is 10.6 Å². The lowest BCUT2D eigenvalue weighted by molar-refractivity contribution is -0.123. The Morgan fingerprint density at radius 2 is 2.30 bits per heavy atom. The van der Waals surface area contributed by atoms with E-state index in [2.05, 4.69) is 24.5 Å². The molecule has 1 heterocycles. The van der Waals surface area contributed by atoms with Gasteiger partial charge in [-0.3, -0.25) is 4.79 Å². The Kier molecular flexibility index (Phi) is 5.44. The van der Waals surface area contributed by atoms with Crippen molar-refractivity contribution in [3.05, 3.63) is 34.9 Å². The number of hydrogen-bond acceptors (Lipinski definition) is 2. The molecule has 2 atom stereocenters. The molecule has 3 nitrogen and oxygen atoms in total. The van der Waals surface area contributed by atoms with E-state index < -0.39 is 0 Å². The van der Waals surface area contributed by atoms with Gasteiger partial charge in [0.1, 0.15) is 0 Å². The van der Waals surface area contributed by atoms with Crippen molar-refractivity contribution in [3.63, 3.8) is 0 Å². The lowest BCUT2D eigenvalue weighted by atomic mass is 9.87. The number of benzene rings is 1. The van der Waals surface area contributed by atoms with Gasteiger partial charge in [0.2, 0.25) is 5.91 Å². The largest absolute Gasteiger partial charge is 0.354 e. The molecule has 1 saturated heterocycles. The fraction of sp³-hybridized carbons (Fsp3) is 0.562. The molecule has 0 aliphatic carbocycles. The van der Waals surface area contributed by atoms with Gasteiger partial charge in [-0.15, -0.1) is 0 Å². The van der Waals surface area contributed by atoms with Crippen LogP contribution in [0, 0.1) is 5.92 Å². The summed E-state index contributed by atoms with van der Waals surface area (Å²) in [6.07, 6.45) is 2.34. The van der Waals surface area contributed by atoms with Crippen LogP contribution in [-0.4, -0.2) is 25.0 Å². The second kappa shape index (κ2) is 7.09. The Balaban J connectivity index is 2.02. The zero-order chi connectivity index (χ0) is 14.5. The average molecular weight is 295 g/mol. The average Bonchev–Trinajstić information content (AvgIpc) is 2.89. The van der Waals surface area contributed by atoms with Crippen molar-refractivity contribution in [1.29, 1.82) is 0 Å². The molecule has 2 unspecified atom stereocenters. The Morgan fingerprint density at radius 3 is 2.90 bits per heavy atom. The van der Waals surface area contributed by atoms with E-state index in [1.54, 1.807) is 0 Å². The molecule has 110 valence electrons. The number of halogens is 1. The summed E-state index contributed by atoms with van der Waals surface area (Å²) in [7, 11) is 0. The number of amides is 1. The molecule has 2 rings (SSSR count). The molecule has 0 saturated carbocycles. The first-order chi connectivity index (χ1) is 9.58. The Morgan fingerprint density at radius 1 is 1.50 bits per heavy atom. The maximum atomic E-state index is 12.5. The van der Waals surface area contributed by atoms with Crippen LogP contribution >= 0.6 is 11.6 Å². The van der Waals surface area contributed by atoms with E-state index in [1.165, 1.54) is 6.42 Å². The van der Waals surface area contributed by atoms with Crippen molar-refractivity contribution in [2.45, 2.75) is 38.6 Å². The molecule has 0 bridgehead atoms. The number of carbonyl (C=O) groups is 1. The van der Waals surface area contributed by atoms with Gasteiger partial charge >= 0.3 is 0 Å². The van der Waals surface area contributed by atoms with Crippen molar-refractivity contribution in [1.82, 2.24) is 10.6 Å². The van der Waals surface area contributed by atoms with E-state index in [-0.39, 0.29) is 17.7 Å². The maximum absolute atomic E-state index is 12.5. The predicted octanol–water partition coefficient (Wildman–Crippen LogP) is 2.95. The van der Waals surface area contributed by atoms with Crippen molar-refractivity contribution in [2.75, 3.05) is 13.1 Å². The SMILES string of the molecule is CC(C)C(C(=O)NCC1CCCN1)c1cccc(Cl)c1. The van der Waals surface area contributed by atoms with Crippen LogP contribution in [0.3, 0.4) is 0 Å². The van der Waals surface area contributed by atoms with Gasteiger partial charge in [0.25, 0.3) is 0 Å². The molecule has 20 heavy (non-hydrogen) atoms. The third-order valence-electron chi connectivity index (χ3n) is 3.84. The van der Waals surface area contributed by atoms with Crippen molar-refractivity contribution < 1.29 is 4.79 Å². The number of nitrogens with one attached hydrogen (secondary N) is 2. The van der Waals surface area contributed by atoms with E-state index in [9.17, 15) is 4.79 Å². The van der Waals surface area contributed by atoms with Crippen LogP contribution in [-0.2, 0) is 4.79 Å². The molecule has 1 amide bonds. The smallest absolute Gasteiger partial charge is 0.227 e. The van der Waals surface area contributed by atoms with Crippen molar-refractivity contribution in [3.8, 4) is 0 Å². The topological polar surface area (TPSA) is 41.1 Å². The van der Waals surface area contributed by atoms with Crippen molar-refractivity contribution in [2.24, 2.45) is 5.92 Å². The molecule has 0 aromatic heterocycles. The highest BCUT2D eigenvalue weighted by molar-refractivity contribution is 6.30. The Labute approximate surface area is 126 Å². The second-order valence-corrected chi connectivity index (χ2v) is 6.25. The third-order valence-corrected chi connectivity index (χ3v) is 4.08. The van der Waals surface area contributed by atoms with Gasteiger partial charge in [0.05, 0.1) is 5.92 Å². The fourth-order valence-corrected chi connectivity index (χ4v) is 3.00. The van der Waals surface area contributed by atoms with E-state index in [4.69, 9.17) is 11.6 Å². The molecular weight excluding hydrogens is 272 g/mol. The highest BCUT2D eigenvalue weighted by Gasteiger charge is 2.25. The van der Waals surface area contributed by atoms with Gasteiger partial charge in [-0.1, -0.05) is 37.6 Å². The van der Waals surface area contributed by atoms with E-state index >= 15 is 0 Å². The van der Waals surface area contributed by atoms with Gasteiger partial charge in [-0.25, -0.2) is 0 Å². The third kappa shape index (κ3) is 3.97. The highest BCUT2D eigenvalue weighted by Crippen LogP contribution is 2.26. The molecule has 0 radical (unpaired) electrons. The molecule has 1 aromatic carbocycles. The minimum atomic E-state index is -0.143. The van der Waals surface area contributed by atoms with Gasteiger partial charge in [-0.05, 0) is 43.0 Å². The summed E-state index contributed by atoms with van der Waals surface area (Å²) in [6, 6.07) is 8.02. The van der Waals surface area contributed by atoms with E-state index in [0.717, 1.165) is 18.5 Å². The molecule has 4 heteroatoms. The summed E-state index contributed by atoms with van der Waals surface area (Å²) in [5.74, 6) is 0.191. The summed E-state index contributed by atoms with van der Waals surface area (Å²) in [5, 5.41) is 7.15. The first-order valence-electron chi connectivity index (χ1n) is 7.34. The molecule has 1 aliphatic rings. The standard InChI is InChI=1S/C16H23ClN2O/c1-11(2)15(12-5-3-6-13(17)9-12)16(20)19-10-14-7-4-8-18-14/h3,5-6,9,11,14-15,18H,4,7-8,10H2,1-2H3,(H,19,20). The summed E-state index contributed by atoms with van der Waals surface area (Å²) in [4.78, 5) is 12.5. The predicted molar refractivity (Wildman–Crippen MR) is 83.1 cm³/mol. The molecule has 1 aliphatic heterocycles. The highest BCUT2D eigenvalue weighted by atomic mass is 35.5. The number of rotatable bonds is 5. The molecule has 0 spiro atoms. The maximum Gasteiger partial charge on any atom is 0.227 e. The van der Waals surface area contributed by atoms with Crippen LogP contribution in [0.25, 0.3) is 0 Å². The van der Waals surface area contributed by atoms with Crippen LogP contribution in [0.2, 0.25) is 5.02 Å². The van der Waals surface area contributed by atoms with Crippen LogP contribution in [0.5, 0.6) is 0 Å². The Hall–Kier alpha value is -1.06. The zero-order valence-corrected chi connectivity index (χ0v) is 12.9. The van der Waals surface area contributed by atoms with Gasteiger partial charge in [0.15, 0.2) is 0 Å². The summed E-state index contributed by atoms with van der Waals surface area (Å²) in [6.45, 7) is 5.91. The van der Waals surface area contributed by atoms with E-state index in [1.807, 2.05) is 24.3 Å². The monoisotopic (exact) mass is 294 g/mol. The van der Waals surface area contributed by atoms with Crippen molar-refractivity contribution >= 4 is 17.5 Å². The first kappa shape index (κ1) is 15.3. The van der Waals surface area contributed by atoms with Crippen LogP contribution in [0.4, 0.5) is 0 Å².